The number of aromatic nitrogens is 2. The van der Waals surface area contributed by atoms with Crippen molar-refractivity contribution >= 4 is 17.4 Å². The predicted octanol–water partition coefficient (Wildman–Crippen LogP) is 3.55. The highest BCUT2D eigenvalue weighted by molar-refractivity contribution is 5.76. The van der Waals surface area contributed by atoms with E-state index in [1.54, 1.807) is 6.92 Å². The van der Waals surface area contributed by atoms with Gasteiger partial charge in [-0.2, -0.15) is 0 Å². The van der Waals surface area contributed by atoms with Gasteiger partial charge in [0.05, 0.1) is 0 Å². The van der Waals surface area contributed by atoms with Crippen molar-refractivity contribution in [1.29, 1.82) is 0 Å². The fourth-order valence-electron chi connectivity index (χ4n) is 2.47. The Bertz CT molecular complexity index is 850. The van der Waals surface area contributed by atoms with Gasteiger partial charge in [0.25, 0.3) is 0 Å². The molecule has 1 unspecified atom stereocenters. The molecule has 2 aromatic carbocycles. The summed E-state index contributed by atoms with van der Waals surface area (Å²) in [4.78, 5) is 20.6. The molecule has 0 aliphatic rings. The van der Waals surface area contributed by atoms with Gasteiger partial charge in [0.15, 0.2) is 5.82 Å². The Labute approximate surface area is 146 Å². The van der Waals surface area contributed by atoms with E-state index in [0.29, 0.717) is 18.1 Å². The largest absolute Gasteiger partial charge is 0.369 e. The number of nitrogens with one attached hydrogen (secondary N) is 1. The second-order valence-corrected chi connectivity index (χ2v) is 5.93. The SMILES string of the molecule is CC(Cc1cc(Nc2ccccc2)nc(-c2ccccc2)n1)C(N)=O. The Hall–Kier alpha value is -3.21. The van der Waals surface area contributed by atoms with Gasteiger partial charge in [0, 0.05) is 35.3 Å². The van der Waals surface area contributed by atoms with Crippen molar-refractivity contribution in [3.8, 4) is 11.4 Å². The van der Waals surface area contributed by atoms with Crippen molar-refractivity contribution in [2.24, 2.45) is 11.7 Å². The van der Waals surface area contributed by atoms with E-state index < -0.39 is 0 Å². The van der Waals surface area contributed by atoms with Crippen LogP contribution in [0.25, 0.3) is 11.4 Å². The van der Waals surface area contributed by atoms with E-state index >= 15 is 0 Å². The number of anilines is 2. The molecular weight excluding hydrogens is 312 g/mol. The van der Waals surface area contributed by atoms with Crippen LogP contribution in [0.1, 0.15) is 12.6 Å². The molecule has 0 fully saturated rings. The first-order valence-electron chi connectivity index (χ1n) is 8.16. The van der Waals surface area contributed by atoms with Crippen LogP contribution in [0.15, 0.2) is 66.7 Å². The molecule has 126 valence electrons. The van der Waals surface area contributed by atoms with E-state index in [-0.39, 0.29) is 11.8 Å². The normalized spacial score (nSPS) is 11.7. The van der Waals surface area contributed by atoms with Crippen molar-refractivity contribution in [3.63, 3.8) is 0 Å². The van der Waals surface area contributed by atoms with E-state index in [2.05, 4.69) is 15.3 Å². The number of nitrogens with two attached hydrogens (primary N) is 1. The monoisotopic (exact) mass is 332 g/mol. The summed E-state index contributed by atoms with van der Waals surface area (Å²) in [6, 6.07) is 21.4. The van der Waals surface area contributed by atoms with Gasteiger partial charge in [-0.05, 0) is 12.1 Å². The zero-order valence-corrected chi connectivity index (χ0v) is 14.0. The molecular formula is C20H20N4O. The third-order valence-electron chi connectivity index (χ3n) is 3.86. The fourth-order valence-corrected chi connectivity index (χ4v) is 2.47. The molecule has 0 spiro atoms. The van der Waals surface area contributed by atoms with Crippen LogP contribution in [0.4, 0.5) is 11.5 Å². The van der Waals surface area contributed by atoms with E-state index in [1.165, 1.54) is 0 Å². The van der Waals surface area contributed by atoms with Crippen LogP contribution in [-0.4, -0.2) is 15.9 Å². The van der Waals surface area contributed by atoms with Gasteiger partial charge in [-0.15, -0.1) is 0 Å². The molecule has 0 saturated carbocycles. The molecule has 0 aliphatic carbocycles. The van der Waals surface area contributed by atoms with Crippen molar-refractivity contribution < 1.29 is 4.79 Å². The van der Waals surface area contributed by atoms with Crippen LogP contribution in [0.2, 0.25) is 0 Å². The average Bonchev–Trinajstić information content (AvgIpc) is 2.63. The van der Waals surface area contributed by atoms with Crippen LogP contribution in [0.3, 0.4) is 0 Å². The molecule has 3 aromatic rings. The van der Waals surface area contributed by atoms with Gasteiger partial charge in [0.1, 0.15) is 5.82 Å². The number of nitrogens with zero attached hydrogens (tertiary/aromatic N) is 2. The van der Waals surface area contributed by atoms with Gasteiger partial charge in [0.2, 0.25) is 5.91 Å². The van der Waals surface area contributed by atoms with Crippen LogP contribution >= 0.6 is 0 Å². The number of carbonyl (C=O) groups is 1. The Morgan fingerprint density at radius 1 is 1.04 bits per heavy atom. The minimum absolute atomic E-state index is 0.289. The summed E-state index contributed by atoms with van der Waals surface area (Å²) in [5.74, 6) is 0.681. The zero-order valence-electron chi connectivity index (χ0n) is 14.0. The Kier molecular flexibility index (Phi) is 5.04. The van der Waals surface area contributed by atoms with Gasteiger partial charge >= 0.3 is 0 Å². The summed E-state index contributed by atoms with van der Waals surface area (Å²) in [5.41, 5.74) is 8.04. The molecule has 0 aliphatic heterocycles. The topological polar surface area (TPSA) is 80.9 Å². The molecule has 1 heterocycles. The van der Waals surface area contributed by atoms with E-state index in [0.717, 1.165) is 16.9 Å². The Morgan fingerprint density at radius 2 is 1.68 bits per heavy atom. The minimum Gasteiger partial charge on any atom is -0.369 e. The summed E-state index contributed by atoms with van der Waals surface area (Å²) < 4.78 is 0. The quantitative estimate of drug-likeness (QED) is 0.723. The molecule has 1 amide bonds. The second kappa shape index (κ2) is 7.57. The van der Waals surface area contributed by atoms with Crippen molar-refractivity contribution in [3.05, 3.63) is 72.4 Å². The number of rotatable bonds is 6. The van der Waals surface area contributed by atoms with Crippen molar-refractivity contribution in [1.82, 2.24) is 9.97 Å². The van der Waals surface area contributed by atoms with Gasteiger partial charge in [-0.1, -0.05) is 55.5 Å². The first-order chi connectivity index (χ1) is 12.1. The lowest BCUT2D eigenvalue weighted by atomic mass is 10.0. The summed E-state index contributed by atoms with van der Waals surface area (Å²) in [5, 5.41) is 3.29. The maximum Gasteiger partial charge on any atom is 0.220 e. The average molecular weight is 332 g/mol. The second-order valence-electron chi connectivity index (χ2n) is 5.93. The summed E-state index contributed by atoms with van der Waals surface area (Å²) in [6.45, 7) is 1.80. The lowest BCUT2D eigenvalue weighted by molar-refractivity contribution is -0.121. The lowest BCUT2D eigenvalue weighted by Crippen LogP contribution is -2.22. The highest BCUT2D eigenvalue weighted by atomic mass is 16.1. The first kappa shape index (κ1) is 16.6. The molecule has 5 nitrogen and oxygen atoms in total. The number of hydrogen-bond donors (Lipinski definition) is 2. The molecule has 3 N–H and O–H groups in total. The molecule has 0 bridgehead atoms. The predicted molar refractivity (Wildman–Crippen MR) is 99.3 cm³/mol. The van der Waals surface area contributed by atoms with Crippen molar-refractivity contribution in [2.45, 2.75) is 13.3 Å². The van der Waals surface area contributed by atoms with Gasteiger partial charge < -0.3 is 11.1 Å². The Morgan fingerprint density at radius 3 is 2.32 bits per heavy atom. The number of primary amides is 1. The third kappa shape index (κ3) is 4.41. The van der Waals surface area contributed by atoms with Crippen LogP contribution in [-0.2, 0) is 11.2 Å². The third-order valence-corrected chi connectivity index (χ3v) is 3.86. The smallest absolute Gasteiger partial charge is 0.220 e. The molecule has 1 aromatic heterocycles. The van der Waals surface area contributed by atoms with E-state index in [4.69, 9.17) is 5.73 Å². The lowest BCUT2D eigenvalue weighted by Gasteiger charge is -2.12. The number of amides is 1. The molecule has 0 radical (unpaired) electrons. The molecule has 5 heteroatoms. The summed E-state index contributed by atoms with van der Waals surface area (Å²) >= 11 is 0. The maximum absolute atomic E-state index is 11.4. The first-order valence-corrected chi connectivity index (χ1v) is 8.16. The fraction of sp³-hybridized carbons (Fsp3) is 0.150. The number of hydrogen-bond acceptors (Lipinski definition) is 4. The number of para-hydroxylation sites is 1. The number of carbonyl (C=O) groups excluding carboxylic acids is 1. The molecule has 1 atom stereocenters. The van der Waals surface area contributed by atoms with Crippen LogP contribution < -0.4 is 11.1 Å². The van der Waals surface area contributed by atoms with Gasteiger partial charge in [-0.25, -0.2) is 9.97 Å². The standard InChI is InChI=1S/C20H20N4O/c1-14(19(21)25)12-17-13-18(22-16-10-6-3-7-11-16)24-20(23-17)15-8-4-2-5-9-15/h2-11,13-14H,12H2,1H3,(H2,21,25)(H,22,23,24). The highest BCUT2D eigenvalue weighted by Crippen LogP contribution is 2.21. The van der Waals surface area contributed by atoms with E-state index in [1.807, 2.05) is 66.7 Å². The number of benzene rings is 2. The van der Waals surface area contributed by atoms with Crippen LogP contribution in [0.5, 0.6) is 0 Å². The van der Waals surface area contributed by atoms with E-state index in [9.17, 15) is 4.79 Å². The molecule has 0 saturated heterocycles. The maximum atomic E-state index is 11.4. The molecule has 25 heavy (non-hydrogen) atoms. The van der Waals surface area contributed by atoms with Crippen molar-refractivity contribution in [2.75, 3.05) is 5.32 Å². The van der Waals surface area contributed by atoms with Crippen LogP contribution in [0, 0.1) is 5.92 Å². The van der Waals surface area contributed by atoms with Gasteiger partial charge in [-0.3, -0.25) is 4.79 Å². The minimum atomic E-state index is -0.336. The molecule has 3 rings (SSSR count). The Balaban J connectivity index is 1.97. The zero-order chi connectivity index (χ0) is 17.6. The highest BCUT2D eigenvalue weighted by Gasteiger charge is 2.13. The summed E-state index contributed by atoms with van der Waals surface area (Å²) in [6.07, 6.45) is 0.473. The summed E-state index contributed by atoms with van der Waals surface area (Å²) in [7, 11) is 0.